The lowest BCUT2D eigenvalue weighted by Gasteiger charge is -2.13. The van der Waals surface area contributed by atoms with Crippen molar-refractivity contribution in [2.24, 2.45) is 0 Å². The monoisotopic (exact) mass is 342 g/mol. The Hall–Kier alpha value is -2.79. The van der Waals surface area contributed by atoms with Crippen LogP contribution in [0.5, 0.6) is 5.75 Å². The van der Waals surface area contributed by atoms with Crippen LogP contribution in [0.2, 0.25) is 5.02 Å². The second kappa shape index (κ2) is 6.76. The summed E-state index contributed by atoms with van der Waals surface area (Å²) in [6.45, 7) is 0. The molecule has 5 nitrogen and oxygen atoms in total. The first-order valence-electron chi connectivity index (χ1n) is 7.28. The van der Waals surface area contributed by atoms with Crippen molar-refractivity contribution in [3.05, 3.63) is 59.2 Å². The maximum absolute atomic E-state index is 11.5. The van der Waals surface area contributed by atoms with E-state index in [2.05, 4.69) is 10.3 Å². The zero-order valence-electron chi connectivity index (χ0n) is 12.9. The fraction of sp³-hybridized carbons (Fsp3) is 0.111. The molecule has 0 saturated heterocycles. The molecule has 0 radical (unpaired) electrons. The van der Waals surface area contributed by atoms with Gasteiger partial charge in [-0.3, -0.25) is 9.78 Å². The number of aromatic hydroxyl groups is 1. The Labute approximate surface area is 143 Å². The highest BCUT2D eigenvalue weighted by molar-refractivity contribution is 6.31. The molecule has 0 aliphatic carbocycles. The smallest absolute Gasteiger partial charge is 0.311 e. The maximum atomic E-state index is 11.5. The van der Waals surface area contributed by atoms with Crippen molar-refractivity contribution in [2.75, 3.05) is 12.4 Å². The number of anilines is 2. The van der Waals surface area contributed by atoms with Gasteiger partial charge in [0.25, 0.3) is 0 Å². The molecule has 3 aromatic rings. The summed E-state index contributed by atoms with van der Waals surface area (Å²) in [5.41, 5.74) is 2.51. The fourth-order valence-corrected chi connectivity index (χ4v) is 2.57. The van der Waals surface area contributed by atoms with Crippen LogP contribution in [-0.2, 0) is 16.0 Å². The number of aromatic nitrogens is 1. The first kappa shape index (κ1) is 16.1. The second-order valence-electron chi connectivity index (χ2n) is 5.22. The number of rotatable bonds is 4. The van der Waals surface area contributed by atoms with Gasteiger partial charge in [0.1, 0.15) is 5.75 Å². The van der Waals surface area contributed by atoms with Gasteiger partial charge in [-0.05, 0) is 30.3 Å². The van der Waals surface area contributed by atoms with Gasteiger partial charge in [-0.1, -0.05) is 29.8 Å². The summed E-state index contributed by atoms with van der Waals surface area (Å²) >= 11 is 6.00. The van der Waals surface area contributed by atoms with Crippen molar-refractivity contribution in [3.63, 3.8) is 0 Å². The molecule has 24 heavy (non-hydrogen) atoms. The van der Waals surface area contributed by atoms with E-state index < -0.39 is 0 Å². The SMILES string of the molecule is COC(=O)Cc1cc(Nc2cc(Cl)ccc2O)c2ccccc2n1. The van der Waals surface area contributed by atoms with Gasteiger partial charge < -0.3 is 15.2 Å². The predicted molar refractivity (Wildman–Crippen MR) is 93.9 cm³/mol. The molecular weight excluding hydrogens is 328 g/mol. The number of carbonyl (C=O) groups is 1. The molecule has 0 atom stereocenters. The van der Waals surface area contributed by atoms with Gasteiger partial charge in [-0.15, -0.1) is 0 Å². The number of para-hydroxylation sites is 1. The van der Waals surface area contributed by atoms with E-state index in [1.54, 1.807) is 18.2 Å². The van der Waals surface area contributed by atoms with E-state index in [1.807, 2.05) is 24.3 Å². The Bertz CT molecular complexity index is 912. The molecule has 0 aliphatic rings. The quantitative estimate of drug-likeness (QED) is 0.552. The number of hydrogen-bond donors (Lipinski definition) is 2. The van der Waals surface area contributed by atoms with Crippen molar-refractivity contribution in [2.45, 2.75) is 6.42 Å². The highest BCUT2D eigenvalue weighted by Gasteiger charge is 2.11. The molecule has 0 bridgehead atoms. The van der Waals surface area contributed by atoms with E-state index in [4.69, 9.17) is 16.3 Å². The van der Waals surface area contributed by atoms with Gasteiger partial charge in [0.15, 0.2) is 0 Å². The van der Waals surface area contributed by atoms with Crippen LogP contribution in [0.15, 0.2) is 48.5 Å². The summed E-state index contributed by atoms with van der Waals surface area (Å²) in [5.74, 6) is -0.288. The molecule has 0 saturated carbocycles. The summed E-state index contributed by atoms with van der Waals surface area (Å²) in [4.78, 5) is 16.0. The highest BCUT2D eigenvalue weighted by atomic mass is 35.5. The number of benzene rings is 2. The molecule has 0 unspecified atom stereocenters. The Morgan fingerprint density at radius 3 is 2.79 bits per heavy atom. The minimum atomic E-state index is -0.366. The number of nitrogens with zero attached hydrogens (tertiary/aromatic N) is 1. The molecule has 1 heterocycles. The molecule has 3 rings (SSSR count). The molecular formula is C18H15ClN2O3. The molecule has 2 aromatic carbocycles. The van der Waals surface area contributed by atoms with Crippen molar-refractivity contribution >= 4 is 39.8 Å². The zero-order chi connectivity index (χ0) is 17.1. The number of fused-ring (bicyclic) bond motifs is 1. The minimum absolute atomic E-state index is 0.0670. The largest absolute Gasteiger partial charge is 0.506 e. The lowest BCUT2D eigenvalue weighted by Crippen LogP contribution is -2.07. The van der Waals surface area contributed by atoms with E-state index in [0.29, 0.717) is 16.4 Å². The summed E-state index contributed by atoms with van der Waals surface area (Å²) in [6, 6.07) is 14.1. The third kappa shape index (κ3) is 3.41. The maximum Gasteiger partial charge on any atom is 0.311 e. The molecule has 6 heteroatoms. The number of hydrogen-bond acceptors (Lipinski definition) is 5. The van der Waals surface area contributed by atoms with Crippen molar-refractivity contribution in [3.8, 4) is 5.75 Å². The van der Waals surface area contributed by atoms with Crippen molar-refractivity contribution in [1.29, 1.82) is 0 Å². The standard InChI is InChI=1S/C18H15ClN2O3/c1-24-18(23)10-12-9-15(13-4-2-3-5-14(13)20-12)21-16-8-11(19)6-7-17(16)22/h2-9,22H,10H2,1H3,(H,20,21). The molecule has 1 aromatic heterocycles. The average Bonchev–Trinajstić information content (AvgIpc) is 2.58. The number of phenolic OH excluding ortho intramolecular Hbond substituents is 1. The first-order chi connectivity index (χ1) is 11.6. The zero-order valence-corrected chi connectivity index (χ0v) is 13.7. The number of pyridine rings is 1. The molecule has 0 aliphatic heterocycles. The molecule has 2 N–H and O–H groups in total. The van der Waals surface area contributed by atoms with Gasteiger partial charge in [0, 0.05) is 16.1 Å². The summed E-state index contributed by atoms with van der Waals surface area (Å²) < 4.78 is 4.70. The fourth-order valence-electron chi connectivity index (χ4n) is 2.40. The van der Waals surface area contributed by atoms with E-state index in [0.717, 1.165) is 16.6 Å². The average molecular weight is 343 g/mol. The van der Waals surface area contributed by atoms with Crippen molar-refractivity contribution < 1.29 is 14.6 Å². The number of methoxy groups -OCH3 is 1. The normalized spacial score (nSPS) is 10.6. The highest BCUT2D eigenvalue weighted by Crippen LogP contribution is 2.32. The topological polar surface area (TPSA) is 71.5 Å². The van der Waals surface area contributed by atoms with Gasteiger partial charge in [0.05, 0.1) is 30.4 Å². The third-order valence-electron chi connectivity index (χ3n) is 3.55. The van der Waals surface area contributed by atoms with Crippen LogP contribution in [0.3, 0.4) is 0 Å². The first-order valence-corrected chi connectivity index (χ1v) is 7.65. The number of halogens is 1. The van der Waals surface area contributed by atoms with Crippen molar-refractivity contribution in [1.82, 2.24) is 4.98 Å². The van der Waals surface area contributed by atoms with Gasteiger partial charge in [-0.25, -0.2) is 0 Å². The molecule has 0 amide bonds. The second-order valence-corrected chi connectivity index (χ2v) is 5.65. The van der Waals surface area contributed by atoms with Gasteiger partial charge >= 0.3 is 5.97 Å². The number of ether oxygens (including phenoxy) is 1. The van der Waals surface area contributed by atoms with E-state index in [9.17, 15) is 9.90 Å². The van der Waals surface area contributed by atoms with Crippen LogP contribution < -0.4 is 5.32 Å². The van der Waals surface area contributed by atoms with Gasteiger partial charge in [-0.2, -0.15) is 0 Å². The van der Waals surface area contributed by atoms with E-state index in [-0.39, 0.29) is 18.1 Å². The Morgan fingerprint density at radius 2 is 2.00 bits per heavy atom. The van der Waals surface area contributed by atoms with Crippen LogP contribution in [0.1, 0.15) is 5.69 Å². The van der Waals surface area contributed by atoms with Crippen LogP contribution in [0, 0.1) is 0 Å². The summed E-state index contributed by atoms with van der Waals surface area (Å²) in [6.07, 6.45) is 0.0670. The van der Waals surface area contributed by atoms with Crippen LogP contribution >= 0.6 is 11.6 Å². The van der Waals surface area contributed by atoms with Crippen LogP contribution in [-0.4, -0.2) is 23.2 Å². The number of esters is 1. The Kier molecular flexibility index (Phi) is 4.53. The lowest BCUT2D eigenvalue weighted by atomic mass is 10.1. The third-order valence-corrected chi connectivity index (χ3v) is 3.79. The summed E-state index contributed by atoms with van der Waals surface area (Å²) in [5, 5.41) is 14.5. The van der Waals surface area contributed by atoms with E-state index in [1.165, 1.54) is 13.2 Å². The van der Waals surface area contributed by atoms with Gasteiger partial charge in [0.2, 0.25) is 0 Å². The number of nitrogens with one attached hydrogen (secondary N) is 1. The molecule has 122 valence electrons. The Balaban J connectivity index is 2.07. The minimum Gasteiger partial charge on any atom is -0.506 e. The Morgan fingerprint density at radius 1 is 1.21 bits per heavy atom. The molecule has 0 spiro atoms. The number of phenols is 1. The number of carbonyl (C=O) groups excluding carboxylic acids is 1. The van der Waals surface area contributed by atoms with Crippen LogP contribution in [0.4, 0.5) is 11.4 Å². The molecule has 0 fully saturated rings. The predicted octanol–water partition coefficient (Wildman–Crippen LogP) is 4.05. The van der Waals surface area contributed by atoms with E-state index >= 15 is 0 Å². The summed E-state index contributed by atoms with van der Waals surface area (Å²) in [7, 11) is 1.34. The van der Waals surface area contributed by atoms with Crippen LogP contribution in [0.25, 0.3) is 10.9 Å². The lowest BCUT2D eigenvalue weighted by molar-refractivity contribution is -0.139.